The number of amides is 1. The molecule has 41 heavy (non-hydrogen) atoms. The molecule has 1 amide bonds. The van der Waals surface area contributed by atoms with E-state index in [2.05, 4.69) is 10.2 Å². The van der Waals surface area contributed by atoms with Crippen molar-refractivity contribution in [2.45, 2.75) is 44.8 Å². The van der Waals surface area contributed by atoms with E-state index >= 15 is 0 Å². The second kappa shape index (κ2) is 10.5. The highest BCUT2D eigenvalue weighted by Crippen LogP contribution is 2.43. The zero-order chi connectivity index (χ0) is 28.9. The number of benzene rings is 1. The first-order valence-corrected chi connectivity index (χ1v) is 13.9. The average molecular weight is 568 g/mol. The van der Waals surface area contributed by atoms with Crippen LogP contribution in [0.1, 0.15) is 54.6 Å². The lowest BCUT2D eigenvalue weighted by Crippen LogP contribution is -2.47. The Morgan fingerprint density at radius 3 is 2.46 bits per heavy atom. The lowest BCUT2D eigenvalue weighted by atomic mass is 9.72. The summed E-state index contributed by atoms with van der Waals surface area (Å²) in [6.07, 6.45) is 3.04. The molecule has 0 radical (unpaired) electrons. The summed E-state index contributed by atoms with van der Waals surface area (Å²) in [6.45, 7) is 3.90. The number of pyridine rings is 1. The van der Waals surface area contributed by atoms with E-state index in [1.165, 1.54) is 23.9 Å². The third-order valence-electron chi connectivity index (χ3n) is 8.51. The number of hydrogen-bond acceptors (Lipinski definition) is 5. The molecule has 0 N–H and O–H groups in total. The summed E-state index contributed by atoms with van der Waals surface area (Å²) in [4.78, 5) is 29.0. The van der Waals surface area contributed by atoms with Crippen LogP contribution in [0.25, 0.3) is 11.2 Å². The number of piperazine rings is 1. The molecule has 6 rings (SSSR count). The maximum Gasteiger partial charge on any atom is 0.418 e. The van der Waals surface area contributed by atoms with Gasteiger partial charge >= 0.3 is 11.9 Å². The van der Waals surface area contributed by atoms with Crippen LogP contribution in [-0.2, 0) is 24.6 Å². The average Bonchev–Trinajstić information content (AvgIpc) is 3.48. The van der Waals surface area contributed by atoms with Crippen LogP contribution >= 0.6 is 0 Å². The van der Waals surface area contributed by atoms with Gasteiger partial charge in [-0.15, -0.1) is 10.2 Å². The topological polar surface area (TPSA) is 80.7 Å². The third-order valence-corrected chi connectivity index (χ3v) is 8.51. The van der Waals surface area contributed by atoms with E-state index in [1.54, 1.807) is 17.3 Å². The van der Waals surface area contributed by atoms with Crippen LogP contribution in [0.3, 0.4) is 0 Å². The molecule has 1 saturated heterocycles. The van der Waals surface area contributed by atoms with Gasteiger partial charge in [-0.1, -0.05) is 18.6 Å². The molecule has 4 heterocycles. The Labute approximate surface area is 234 Å². The lowest BCUT2D eigenvalue weighted by Gasteiger charge is -2.34. The second-order valence-electron chi connectivity index (χ2n) is 11.1. The molecule has 1 atom stereocenters. The van der Waals surface area contributed by atoms with E-state index in [9.17, 15) is 22.8 Å². The van der Waals surface area contributed by atoms with Crippen LogP contribution in [0.4, 0.5) is 13.2 Å². The second-order valence-corrected chi connectivity index (χ2v) is 11.1. The van der Waals surface area contributed by atoms with Crippen molar-refractivity contribution in [1.82, 2.24) is 33.5 Å². The molecule has 0 unspecified atom stereocenters. The standard InChI is InChI=1S/C29H32F3N7O2/c1-19(40)37-11-9-36(10-12-37)15-20-13-24(29(30,31)32)25-17-38(28(41)39(25)16-20)23-8-4-7-22(14-23)26(21-5-3-6-21)27-34-33-18-35(27)2/h4,7-8,13-14,16-18,21,26H,3,5-6,9-12,15H2,1-2H3/t26-/m1/s1. The molecule has 1 aromatic carbocycles. The van der Waals surface area contributed by atoms with Gasteiger partial charge in [0.15, 0.2) is 0 Å². The van der Waals surface area contributed by atoms with Crippen molar-refractivity contribution >= 4 is 11.4 Å². The predicted octanol–water partition coefficient (Wildman–Crippen LogP) is 3.83. The van der Waals surface area contributed by atoms with E-state index in [1.807, 2.05) is 34.7 Å². The molecule has 2 fully saturated rings. The Morgan fingerprint density at radius 2 is 1.85 bits per heavy atom. The zero-order valence-corrected chi connectivity index (χ0v) is 23.0. The van der Waals surface area contributed by atoms with Crippen LogP contribution in [0.2, 0.25) is 0 Å². The first-order valence-electron chi connectivity index (χ1n) is 13.9. The minimum Gasteiger partial charge on any atom is -0.340 e. The molecular formula is C29H32F3N7O2. The molecule has 12 heteroatoms. The highest BCUT2D eigenvalue weighted by atomic mass is 19.4. The van der Waals surface area contributed by atoms with Crippen molar-refractivity contribution in [2.75, 3.05) is 26.2 Å². The van der Waals surface area contributed by atoms with Crippen LogP contribution < -0.4 is 5.69 Å². The fourth-order valence-corrected chi connectivity index (χ4v) is 6.07. The van der Waals surface area contributed by atoms with Gasteiger partial charge in [-0.2, -0.15) is 13.2 Å². The SMILES string of the molecule is CC(=O)N1CCN(Cc2cc(C(F)(F)F)c3cn(-c4cccc([C@H](c5nncn5C)C5CCC5)c4)c(=O)n3c2)CC1. The molecule has 1 aliphatic heterocycles. The highest BCUT2D eigenvalue weighted by Gasteiger charge is 2.35. The van der Waals surface area contributed by atoms with Gasteiger partial charge in [0.25, 0.3) is 0 Å². The predicted molar refractivity (Wildman–Crippen MR) is 146 cm³/mol. The van der Waals surface area contributed by atoms with Crippen LogP contribution in [0, 0.1) is 5.92 Å². The first kappa shape index (κ1) is 27.3. The summed E-state index contributed by atoms with van der Waals surface area (Å²) in [5.74, 6) is 1.17. The molecule has 2 aliphatic rings. The Bertz CT molecular complexity index is 1640. The van der Waals surface area contributed by atoms with Gasteiger partial charge in [0, 0.05) is 65.0 Å². The molecule has 3 aromatic heterocycles. The molecule has 0 spiro atoms. The zero-order valence-electron chi connectivity index (χ0n) is 23.0. The summed E-state index contributed by atoms with van der Waals surface area (Å²) in [6, 6.07) is 8.56. The summed E-state index contributed by atoms with van der Waals surface area (Å²) < 4.78 is 47.1. The van der Waals surface area contributed by atoms with Crippen molar-refractivity contribution in [1.29, 1.82) is 0 Å². The number of rotatable bonds is 6. The minimum atomic E-state index is -4.64. The Balaban J connectivity index is 1.38. The van der Waals surface area contributed by atoms with Crippen molar-refractivity contribution in [3.05, 3.63) is 82.1 Å². The lowest BCUT2D eigenvalue weighted by molar-refractivity contribution is -0.136. The molecule has 1 aliphatic carbocycles. The molecule has 1 saturated carbocycles. The fraction of sp³-hybridized carbons (Fsp3) is 0.448. The number of carbonyl (C=O) groups excluding carboxylic acids is 1. The number of fused-ring (bicyclic) bond motifs is 1. The monoisotopic (exact) mass is 567 g/mol. The first-order chi connectivity index (χ1) is 19.6. The quantitative estimate of drug-likeness (QED) is 0.354. The summed E-state index contributed by atoms with van der Waals surface area (Å²) >= 11 is 0. The van der Waals surface area contributed by atoms with Gasteiger partial charge in [-0.25, -0.2) is 4.79 Å². The van der Waals surface area contributed by atoms with Crippen molar-refractivity contribution < 1.29 is 18.0 Å². The van der Waals surface area contributed by atoms with Crippen molar-refractivity contribution in [3.8, 4) is 5.69 Å². The Kier molecular flexibility index (Phi) is 6.96. The molecule has 9 nitrogen and oxygen atoms in total. The normalized spacial score (nSPS) is 17.6. The molecule has 4 aromatic rings. The number of aromatic nitrogens is 5. The number of nitrogens with zero attached hydrogens (tertiary/aromatic N) is 7. The van der Waals surface area contributed by atoms with Gasteiger partial charge in [0.2, 0.25) is 5.91 Å². The summed E-state index contributed by atoms with van der Waals surface area (Å²) in [7, 11) is 1.90. The van der Waals surface area contributed by atoms with E-state index in [0.29, 0.717) is 43.3 Å². The van der Waals surface area contributed by atoms with E-state index in [4.69, 9.17) is 0 Å². The largest absolute Gasteiger partial charge is 0.418 e. The summed E-state index contributed by atoms with van der Waals surface area (Å²) in [5.41, 5.74) is 0.231. The van der Waals surface area contributed by atoms with Gasteiger partial charge in [0.05, 0.1) is 16.8 Å². The van der Waals surface area contributed by atoms with E-state index in [-0.39, 0.29) is 23.9 Å². The van der Waals surface area contributed by atoms with Gasteiger partial charge in [-0.3, -0.25) is 18.7 Å². The van der Waals surface area contributed by atoms with Crippen molar-refractivity contribution in [3.63, 3.8) is 0 Å². The number of imidazole rings is 1. The van der Waals surface area contributed by atoms with Gasteiger partial charge < -0.3 is 9.47 Å². The fourth-order valence-electron chi connectivity index (χ4n) is 6.07. The smallest absolute Gasteiger partial charge is 0.340 e. The maximum absolute atomic E-state index is 14.3. The van der Waals surface area contributed by atoms with Crippen molar-refractivity contribution in [2.24, 2.45) is 13.0 Å². The van der Waals surface area contributed by atoms with Gasteiger partial charge in [0.1, 0.15) is 12.2 Å². The number of carbonyl (C=O) groups is 1. The number of hydrogen-bond donors (Lipinski definition) is 0. The molecule has 0 bridgehead atoms. The number of halogens is 3. The van der Waals surface area contributed by atoms with Crippen LogP contribution in [0.5, 0.6) is 0 Å². The third kappa shape index (κ3) is 5.16. The minimum absolute atomic E-state index is 0.0158. The molecular weight excluding hydrogens is 535 g/mol. The van der Waals surface area contributed by atoms with E-state index < -0.39 is 17.4 Å². The molecule has 216 valence electrons. The van der Waals surface area contributed by atoms with Crippen LogP contribution in [-0.4, -0.2) is 65.6 Å². The Morgan fingerprint density at radius 1 is 1.10 bits per heavy atom. The highest BCUT2D eigenvalue weighted by molar-refractivity contribution is 5.73. The number of aryl methyl sites for hydroxylation is 1. The summed E-state index contributed by atoms with van der Waals surface area (Å²) in [5, 5.41) is 8.40. The van der Waals surface area contributed by atoms with Gasteiger partial charge in [-0.05, 0) is 48.1 Å². The maximum atomic E-state index is 14.3. The Hall–Kier alpha value is -3.93. The number of alkyl halides is 3. The van der Waals surface area contributed by atoms with Crippen LogP contribution in [0.15, 0.2) is 53.8 Å². The van der Waals surface area contributed by atoms with E-state index in [0.717, 1.165) is 41.1 Å².